The molecule has 0 atom stereocenters. The summed E-state index contributed by atoms with van der Waals surface area (Å²) < 4.78 is 18.6. The molecule has 1 amide bonds. The lowest BCUT2D eigenvalue weighted by molar-refractivity contribution is 0.0951. The maximum absolute atomic E-state index is 13.5. The molecule has 0 aliphatic heterocycles. The van der Waals surface area contributed by atoms with Gasteiger partial charge >= 0.3 is 0 Å². The van der Waals surface area contributed by atoms with E-state index in [1.807, 2.05) is 24.3 Å². The van der Waals surface area contributed by atoms with Crippen molar-refractivity contribution in [3.63, 3.8) is 0 Å². The molecule has 7 nitrogen and oxygen atoms in total. The molecule has 180 valence electrons. The number of ether oxygens (including phenoxy) is 1. The number of carbonyl (C=O) groups is 1. The van der Waals surface area contributed by atoms with E-state index < -0.39 is 0 Å². The molecule has 2 aromatic heterocycles. The molecule has 0 aliphatic carbocycles. The largest absolute Gasteiger partial charge is 0.481 e. The molecule has 0 bridgehead atoms. The van der Waals surface area contributed by atoms with Gasteiger partial charge in [-0.3, -0.25) is 4.79 Å². The number of rotatable bonds is 9. The molecule has 0 unspecified atom stereocenters. The number of amides is 1. The highest BCUT2D eigenvalue weighted by Gasteiger charge is 2.16. The van der Waals surface area contributed by atoms with Crippen molar-refractivity contribution in [1.29, 1.82) is 5.26 Å². The third-order valence-corrected chi connectivity index (χ3v) is 5.52. The number of nitrogens with one attached hydrogen (secondary N) is 2. The van der Waals surface area contributed by atoms with Crippen LogP contribution in [-0.2, 0) is 13.0 Å². The van der Waals surface area contributed by atoms with E-state index in [2.05, 4.69) is 26.7 Å². The lowest BCUT2D eigenvalue weighted by atomic mass is 10.0. The van der Waals surface area contributed by atoms with Gasteiger partial charge in [0.05, 0.1) is 30.0 Å². The highest BCUT2D eigenvalue weighted by atomic mass is 19.1. The molecule has 4 aromatic rings. The van der Waals surface area contributed by atoms with E-state index in [9.17, 15) is 14.4 Å². The molecule has 8 heteroatoms. The maximum atomic E-state index is 13.5. The van der Waals surface area contributed by atoms with Gasteiger partial charge in [-0.15, -0.1) is 0 Å². The second-order valence-electron chi connectivity index (χ2n) is 7.95. The van der Waals surface area contributed by atoms with Crippen LogP contribution in [0.5, 0.6) is 5.88 Å². The molecule has 36 heavy (non-hydrogen) atoms. The molecule has 0 fully saturated rings. The van der Waals surface area contributed by atoms with E-state index in [1.165, 1.54) is 19.2 Å². The average Bonchev–Trinajstić information content (AvgIpc) is 2.92. The van der Waals surface area contributed by atoms with Crippen molar-refractivity contribution in [3.05, 3.63) is 107 Å². The third kappa shape index (κ3) is 6.02. The minimum Gasteiger partial charge on any atom is -0.481 e. The molecule has 0 saturated carbocycles. The second-order valence-corrected chi connectivity index (χ2v) is 7.95. The number of nitriles is 1. The number of hydrogen-bond donors (Lipinski definition) is 2. The fraction of sp³-hybridized carbons (Fsp3) is 0.143. The predicted molar refractivity (Wildman–Crippen MR) is 135 cm³/mol. The van der Waals surface area contributed by atoms with E-state index in [0.29, 0.717) is 47.0 Å². The van der Waals surface area contributed by atoms with E-state index in [0.717, 1.165) is 11.1 Å². The molecule has 0 spiro atoms. The van der Waals surface area contributed by atoms with Gasteiger partial charge in [-0.2, -0.15) is 5.26 Å². The third-order valence-electron chi connectivity index (χ3n) is 5.52. The molecule has 2 aromatic carbocycles. The normalized spacial score (nSPS) is 10.4. The number of anilines is 1. The van der Waals surface area contributed by atoms with E-state index >= 15 is 0 Å². The SMILES string of the molecule is COc1ccc(CNC(=O)c2ccc(-c3ccccc3C#N)nc2NCCc2cccc(F)c2)cn1. The van der Waals surface area contributed by atoms with Crippen LogP contribution in [0.15, 0.2) is 79.0 Å². The Morgan fingerprint density at radius 2 is 1.92 bits per heavy atom. The monoisotopic (exact) mass is 481 g/mol. The van der Waals surface area contributed by atoms with Gasteiger partial charge in [-0.1, -0.05) is 36.4 Å². The summed E-state index contributed by atoms with van der Waals surface area (Å²) in [6, 6.07) is 22.7. The van der Waals surface area contributed by atoms with Gasteiger partial charge in [0, 0.05) is 30.9 Å². The molecular formula is C28H24FN5O2. The van der Waals surface area contributed by atoms with Gasteiger partial charge < -0.3 is 15.4 Å². The number of benzene rings is 2. The Labute approximate surface area is 208 Å². The molecule has 0 radical (unpaired) electrons. The van der Waals surface area contributed by atoms with Crippen LogP contribution in [0.2, 0.25) is 0 Å². The van der Waals surface area contributed by atoms with Crippen molar-refractivity contribution >= 4 is 11.7 Å². The van der Waals surface area contributed by atoms with Crippen LogP contribution < -0.4 is 15.4 Å². The Bertz CT molecular complexity index is 1400. The fourth-order valence-electron chi connectivity index (χ4n) is 3.66. The van der Waals surface area contributed by atoms with E-state index in [-0.39, 0.29) is 18.3 Å². The first-order valence-electron chi connectivity index (χ1n) is 11.3. The van der Waals surface area contributed by atoms with Crippen LogP contribution in [0, 0.1) is 17.1 Å². The van der Waals surface area contributed by atoms with Gasteiger partial charge in [0.15, 0.2) is 0 Å². The lowest BCUT2D eigenvalue weighted by Crippen LogP contribution is -2.25. The van der Waals surface area contributed by atoms with Crippen molar-refractivity contribution < 1.29 is 13.9 Å². The molecular weight excluding hydrogens is 457 g/mol. The van der Waals surface area contributed by atoms with E-state index in [4.69, 9.17) is 4.74 Å². The summed E-state index contributed by atoms with van der Waals surface area (Å²) in [5, 5.41) is 15.6. The summed E-state index contributed by atoms with van der Waals surface area (Å²) in [6.07, 6.45) is 2.18. The second kappa shape index (κ2) is 11.6. The van der Waals surface area contributed by atoms with Crippen LogP contribution in [0.25, 0.3) is 11.3 Å². The van der Waals surface area contributed by atoms with Crippen molar-refractivity contribution in [2.24, 2.45) is 0 Å². The maximum Gasteiger partial charge on any atom is 0.255 e. The zero-order valence-electron chi connectivity index (χ0n) is 19.7. The quantitative estimate of drug-likeness (QED) is 0.358. The molecule has 2 N–H and O–H groups in total. The van der Waals surface area contributed by atoms with Crippen LogP contribution in [0.4, 0.5) is 10.2 Å². The topological polar surface area (TPSA) is 99.9 Å². The summed E-state index contributed by atoms with van der Waals surface area (Å²) in [4.78, 5) is 21.9. The first kappa shape index (κ1) is 24.4. The van der Waals surface area contributed by atoms with Gasteiger partial charge in [-0.25, -0.2) is 14.4 Å². The first-order valence-corrected chi connectivity index (χ1v) is 11.3. The molecule has 0 aliphatic rings. The Morgan fingerprint density at radius 3 is 2.67 bits per heavy atom. The van der Waals surface area contributed by atoms with Gasteiger partial charge in [0.1, 0.15) is 11.6 Å². The van der Waals surface area contributed by atoms with Crippen LogP contribution in [0.1, 0.15) is 27.0 Å². The number of hydrogen-bond acceptors (Lipinski definition) is 6. The zero-order valence-corrected chi connectivity index (χ0v) is 19.7. The van der Waals surface area contributed by atoms with Gasteiger partial charge in [0.25, 0.3) is 5.91 Å². The van der Waals surface area contributed by atoms with Crippen LogP contribution in [-0.4, -0.2) is 29.5 Å². The summed E-state index contributed by atoms with van der Waals surface area (Å²) in [6.45, 7) is 0.708. The number of pyridine rings is 2. The minimum atomic E-state index is -0.313. The number of nitrogens with zero attached hydrogens (tertiary/aromatic N) is 3. The Balaban J connectivity index is 1.56. The van der Waals surface area contributed by atoms with Crippen molar-refractivity contribution in [1.82, 2.24) is 15.3 Å². The van der Waals surface area contributed by atoms with Crippen LogP contribution in [0.3, 0.4) is 0 Å². The average molecular weight is 482 g/mol. The highest BCUT2D eigenvalue weighted by Crippen LogP contribution is 2.25. The number of methoxy groups -OCH3 is 1. The Kier molecular flexibility index (Phi) is 7.83. The highest BCUT2D eigenvalue weighted by molar-refractivity contribution is 5.99. The van der Waals surface area contributed by atoms with Crippen LogP contribution >= 0.6 is 0 Å². The summed E-state index contributed by atoms with van der Waals surface area (Å²) in [5.74, 6) is 0.259. The first-order chi connectivity index (χ1) is 17.6. The summed E-state index contributed by atoms with van der Waals surface area (Å²) in [5.41, 5.74) is 3.72. The predicted octanol–water partition coefficient (Wildman–Crippen LogP) is 4.75. The molecule has 4 rings (SSSR count). The minimum absolute atomic E-state index is 0.275. The smallest absolute Gasteiger partial charge is 0.255 e. The summed E-state index contributed by atoms with van der Waals surface area (Å²) in [7, 11) is 1.54. The standard InChI is InChI=1S/C28H24FN5O2/c1-36-26-12-9-20(17-32-26)18-33-28(35)24-10-11-25(23-8-3-2-6-21(23)16-30)34-27(24)31-14-13-19-5-4-7-22(29)15-19/h2-12,15,17H,13-14,18H2,1H3,(H,31,34)(H,33,35). The Hall–Kier alpha value is -4.77. The van der Waals surface area contributed by atoms with Crippen molar-refractivity contribution in [2.45, 2.75) is 13.0 Å². The summed E-state index contributed by atoms with van der Waals surface area (Å²) >= 11 is 0. The molecule has 2 heterocycles. The van der Waals surface area contributed by atoms with Gasteiger partial charge in [-0.05, 0) is 47.9 Å². The fourth-order valence-corrected chi connectivity index (χ4v) is 3.66. The number of aromatic nitrogens is 2. The van der Waals surface area contributed by atoms with E-state index in [1.54, 1.807) is 42.6 Å². The number of carbonyl (C=O) groups excluding carboxylic acids is 1. The lowest BCUT2D eigenvalue weighted by Gasteiger charge is -2.14. The van der Waals surface area contributed by atoms with Crippen molar-refractivity contribution in [2.75, 3.05) is 19.0 Å². The van der Waals surface area contributed by atoms with Gasteiger partial charge in [0.2, 0.25) is 5.88 Å². The van der Waals surface area contributed by atoms with Crippen molar-refractivity contribution in [3.8, 4) is 23.2 Å². The number of halogens is 1. The Morgan fingerprint density at radius 1 is 1.06 bits per heavy atom. The molecule has 0 saturated heterocycles. The zero-order chi connectivity index (χ0) is 25.3.